The molecule has 1 amide bonds. The number of hydrogen-bond acceptors (Lipinski definition) is 2. The summed E-state index contributed by atoms with van der Waals surface area (Å²) in [5, 5.41) is 2.80. The van der Waals surface area contributed by atoms with E-state index in [4.69, 9.17) is 4.74 Å². The quantitative estimate of drug-likeness (QED) is 0.860. The molecule has 19 heavy (non-hydrogen) atoms. The second-order valence-electron chi connectivity index (χ2n) is 5.13. The van der Waals surface area contributed by atoms with Gasteiger partial charge in [-0.2, -0.15) is 0 Å². The first kappa shape index (κ1) is 15.5. The van der Waals surface area contributed by atoms with Crippen molar-refractivity contribution in [2.45, 2.75) is 40.2 Å². The summed E-state index contributed by atoms with van der Waals surface area (Å²) in [5.74, 6) is -0.106. The van der Waals surface area contributed by atoms with Crippen LogP contribution in [0.2, 0.25) is 0 Å². The summed E-state index contributed by atoms with van der Waals surface area (Å²) < 4.78 is 19.0. The van der Waals surface area contributed by atoms with E-state index >= 15 is 0 Å². The molecule has 0 bridgehead atoms. The van der Waals surface area contributed by atoms with Crippen LogP contribution >= 0.6 is 0 Å². The Hall–Kier alpha value is -1.58. The Morgan fingerprint density at radius 1 is 1.32 bits per heavy atom. The minimum absolute atomic E-state index is 0.0141. The monoisotopic (exact) mass is 267 g/mol. The summed E-state index contributed by atoms with van der Waals surface area (Å²) in [7, 11) is 0. The van der Waals surface area contributed by atoms with E-state index in [0.717, 1.165) is 5.56 Å². The molecule has 106 valence electrons. The number of hydrogen-bond donors (Lipinski definition) is 1. The molecule has 0 radical (unpaired) electrons. The maximum atomic E-state index is 13.7. The van der Waals surface area contributed by atoms with Crippen LogP contribution < -0.4 is 10.1 Å². The number of amides is 1. The fourth-order valence-electron chi connectivity index (χ4n) is 1.58. The lowest BCUT2D eigenvalue weighted by atomic mass is 10.1. The lowest BCUT2D eigenvalue weighted by Crippen LogP contribution is -2.29. The van der Waals surface area contributed by atoms with E-state index in [9.17, 15) is 9.18 Å². The molecule has 1 N–H and O–H groups in total. The zero-order valence-electron chi connectivity index (χ0n) is 12.0. The van der Waals surface area contributed by atoms with E-state index in [-0.39, 0.29) is 29.5 Å². The average Bonchev–Trinajstić information content (AvgIpc) is 2.31. The molecule has 0 fully saturated rings. The summed E-state index contributed by atoms with van der Waals surface area (Å²) in [6.45, 7) is 7.91. The van der Waals surface area contributed by atoms with E-state index < -0.39 is 0 Å². The van der Waals surface area contributed by atoms with Gasteiger partial charge in [0.05, 0.1) is 6.10 Å². The highest BCUT2D eigenvalue weighted by molar-refractivity contribution is 5.77. The van der Waals surface area contributed by atoms with E-state index in [1.807, 2.05) is 33.8 Å². The third kappa shape index (κ3) is 5.28. The number of rotatable bonds is 6. The van der Waals surface area contributed by atoms with Crippen molar-refractivity contribution in [3.63, 3.8) is 0 Å². The molecule has 0 aromatic heterocycles. The van der Waals surface area contributed by atoms with Gasteiger partial charge in [-0.1, -0.05) is 19.9 Å². The largest absolute Gasteiger partial charge is 0.488 e. The van der Waals surface area contributed by atoms with Gasteiger partial charge in [0.1, 0.15) is 0 Å². The van der Waals surface area contributed by atoms with Crippen molar-refractivity contribution in [1.82, 2.24) is 5.32 Å². The summed E-state index contributed by atoms with van der Waals surface area (Å²) >= 11 is 0. The molecule has 1 aromatic carbocycles. The Morgan fingerprint density at radius 2 is 2.00 bits per heavy atom. The Bertz CT molecular complexity index is 430. The van der Waals surface area contributed by atoms with Gasteiger partial charge in [0, 0.05) is 12.5 Å². The fraction of sp³-hybridized carbons (Fsp3) is 0.533. The molecule has 1 rings (SSSR count). The van der Waals surface area contributed by atoms with Crippen LogP contribution in [-0.2, 0) is 11.2 Å². The summed E-state index contributed by atoms with van der Waals surface area (Å²) in [4.78, 5) is 11.4. The Labute approximate surface area is 114 Å². The van der Waals surface area contributed by atoms with Crippen LogP contribution in [0.15, 0.2) is 18.2 Å². The van der Waals surface area contributed by atoms with Crippen LogP contribution in [0.3, 0.4) is 0 Å². The van der Waals surface area contributed by atoms with Crippen molar-refractivity contribution in [3.8, 4) is 5.75 Å². The zero-order valence-corrected chi connectivity index (χ0v) is 12.0. The molecule has 0 atom stereocenters. The fourth-order valence-corrected chi connectivity index (χ4v) is 1.58. The van der Waals surface area contributed by atoms with Crippen LogP contribution in [0.1, 0.15) is 33.3 Å². The SMILES string of the molecule is CC(C)Oc1ccc(CCNC(=O)C(C)C)cc1F. The number of benzene rings is 1. The van der Waals surface area contributed by atoms with Crippen molar-refractivity contribution in [2.24, 2.45) is 5.92 Å². The molecular formula is C15H22FNO2. The number of ether oxygens (including phenoxy) is 1. The molecule has 0 unspecified atom stereocenters. The number of carbonyl (C=O) groups excluding carboxylic acids is 1. The highest BCUT2D eigenvalue weighted by Crippen LogP contribution is 2.19. The second-order valence-corrected chi connectivity index (χ2v) is 5.13. The summed E-state index contributed by atoms with van der Waals surface area (Å²) in [6, 6.07) is 4.91. The predicted molar refractivity (Wildman–Crippen MR) is 73.7 cm³/mol. The molecule has 0 saturated carbocycles. The topological polar surface area (TPSA) is 38.3 Å². The maximum absolute atomic E-state index is 13.7. The number of halogens is 1. The second kappa shape index (κ2) is 7.12. The van der Waals surface area contributed by atoms with Crippen molar-refractivity contribution >= 4 is 5.91 Å². The highest BCUT2D eigenvalue weighted by atomic mass is 19.1. The Morgan fingerprint density at radius 3 is 2.53 bits per heavy atom. The molecule has 0 aliphatic carbocycles. The first-order valence-corrected chi connectivity index (χ1v) is 6.63. The van der Waals surface area contributed by atoms with Crippen LogP contribution in [0, 0.1) is 11.7 Å². The van der Waals surface area contributed by atoms with Crippen molar-refractivity contribution in [2.75, 3.05) is 6.54 Å². The molecule has 0 aliphatic rings. The predicted octanol–water partition coefficient (Wildman–Crippen LogP) is 2.93. The molecule has 0 aliphatic heterocycles. The highest BCUT2D eigenvalue weighted by Gasteiger charge is 2.08. The number of nitrogens with one attached hydrogen (secondary N) is 1. The van der Waals surface area contributed by atoms with E-state index in [1.165, 1.54) is 6.07 Å². The number of carbonyl (C=O) groups is 1. The average molecular weight is 267 g/mol. The van der Waals surface area contributed by atoms with E-state index in [1.54, 1.807) is 6.07 Å². The van der Waals surface area contributed by atoms with Crippen LogP contribution in [0.5, 0.6) is 5.75 Å². The standard InChI is InChI=1S/C15H22FNO2/c1-10(2)15(18)17-8-7-12-5-6-14(13(16)9-12)19-11(3)4/h5-6,9-11H,7-8H2,1-4H3,(H,17,18). The van der Waals surface area contributed by atoms with Gasteiger partial charge in [-0.05, 0) is 38.0 Å². The molecular weight excluding hydrogens is 245 g/mol. The third-order valence-corrected chi connectivity index (χ3v) is 2.60. The normalized spacial score (nSPS) is 10.9. The Balaban J connectivity index is 2.52. The van der Waals surface area contributed by atoms with Crippen molar-refractivity contribution < 1.29 is 13.9 Å². The van der Waals surface area contributed by atoms with E-state index in [2.05, 4.69) is 5.32 Å². The van der Waals surface area contributed by atoms with Gasteiger partial charge in [-0.25, -0.2) is 4.39 Å². The van der Waals surface area contributed by atoms with Gasteiger partial charge >= 0.3 is 0 Å². The van der Waals surface area contributed by atoms with Gasteiger partial charge in [0.2, 0.25) is 5.91 Å². The van der Waals surface area contributed by atoms with E-state index in [0.29, 0.717) is 13.0 Å². The molecule has 0 saturated heterocycles. The van der Waals surface area contributed by atoms with Gasteiger partial charge in [0.25, 0.3) is 0 Å². The zero-order chi connectivity index (χ0) is 14.4. The smallest absolute Gasteiger partial charge is 0.222 e. The first-order valence-electron chi connectivity index (χ1n) is 6.63. The molecule has 1 aromatic rings. The molecule has 4 heteroatoms. The van der Waals surface area contributed by atoms with Gasteiger partial charge in [0.15, 0.2) is 11.6 Å². The third-order valence-electron chi connectivity index (χ3n) is 2.60. The van der Waals surface area contributed by atoms with Crippen LogP contribution in [0.4, 0.5) is 4.39 Å². The summed E-state index contributed by atoms with van der Waals surface area (Å²) in [5.41, 5.74) is 0.845. The van der Waals surface area contributed by atoms with Gasteiger partial charge < -0.3 is 10.1 Å². The minimum atomic E-state index is -0.360. The van der Waals surface area contributed by atoms with Gasteiger partial charge in [-0.3, -0.25) is 4.79 Å². The van der Waals surface area contributed by atoms with Crippen molar-refractivity contribution in [3.05, 3.63) is 29.6 Å². The van der Waals surface area contributed by atoms with Gasteiger partial charge in [-0.15, -0.1) is 0 Å². The summed E-state index contributed by atoms with van der Waals surface area (Å²) in [6.07, 6.45) is 0.558. The molecule has 0 heterocycles. The lowest BCUT2D eigenvalue weighted by Gasteiger charge is -2.12. The van der Waals surface area contributed by atoms with Crippen molar-refractivity contribution in [1.29, 1.82) is 0 Å². The van der Waals surface area contributed by atoms with Crippen LogP contribution in [-0.4, -0.2) is 18.6 Å². The minimum Gasteiger partial charge on any atom is -0.488 e. The maximum Gasteiger partial charge on any atom is 0.222 e. The Kier molecular flexibility index (Phi) is 5.80. The molecule has 3 nitrogen and oxygen atoms in total. The lowest BCUT2D eigenvalue weighted by molar-refractivity contribution is -0.123. The van der Waals surface area contributed by atoms with Crippen LogP contribution in [0.25, 0.3) is 0 Å². The molecule has 0 spiro atoms. The first-order chi connectivity index (χ1) is 8.90.